The first kappa shape index (κ1) is 28.6. The highest BCUT2D eigenvalue weighted by Crippen LogP contribution is 2.49. The average molecular weight is 580 g/mol. The molecule has 2 aromatic carbocycles. The quantitative estimate of drug-likeness (QED) is 0.341. The number of hydrogen-bond acceptors (Lipinski definition) is 7. The maximum Gasteiger partial charge on any atom is 0.414 e. The number of aliphatic hydroxyl groups is 1. The highest BCUT2D eigenvalue weighted by Gasteiger charge is 2.59. The van der Waals surface area contributed by atoms with Crippen LogP contribution in [0.5, 0.6) is 17.2 Å². The fraction of sp³-hybridized carbons (Fsp3) is 0.357. The van der Waals surface area contributed by atoms with E-state index in [1.807, 2.05) is 0 Å². The molecule has 0 saturated heterocycles. The molecule has 218 valence electrons. The van der Waals surface area contributed by atoms with Crippen LogP contribution in [0, 0.1) is 11.6 Å². The van der Waals surface area contributed by atoms with E-state index < -0.39 is 53.6 Å². The largest absolute Gasteiger partial charge is 0.493 e. The normalized spacial score (nSPS) is 19.6. The molecule has 13 heteroatoms. The lowest BCUT2D eigenvalue weighted by molar-refractivity contribution is -0.191. The number of aromatic nitrogens is 1. The van der Waals surface area contributed by atoms with Crippen molar-refractivity contribution in [3.8, 4) is 28.5 Å². The van der Waals surface area contributed by atoms with E-state index in [-0.39, 0.29) is 34.4 Å². The zero-order valence-corrected chi connectivity index (χ0v) is 21.9. The number of rotatable bonds is 8. The molecule has 3 aromatic rings. The molecule has 1 aliphatic carbocycles. The number of nitrogens with zero attached hydrogens (tertiary/aromatic N) is 1. The number of methoxy groups -OCH3 is 1. The van der Waals surface area contributed by atoms with Gasteiger partial charge in [0.15, 0.2) is 34.4 Å². The lowest BCUT2D eigenvalue weighted by Crippen LogP contribution is -2.52. The number of benzene rings is 2. The Hall–Kier alpha value is -3.97. The molecule has 0 spiro atoms. The summed E-state index contributed by atoms with van der Waals surface area (Å²) in [7, 11) is 1.42. The van der Waals surface area contributed by atoms with E-state index in [1.54, 1.807) is 6.07 Å². The van der Waals surface area contributed by atoms with Crippen LogP contribution in [0.4, 0.5) is 22.0 Å². The third-order valence-electron chi connectivity index (χ3n) is 6.99. The minimum absolute atomic E-state index is 0.102. The van der Waals surface area contributed by atoms with Gasteiger partial charge in [0.25, 0.3) is 5.91 Å². The number of alkyl halides is 3. The monoisotopic (exact) mass is 579 g/mol. The molecular weight excluding hydrogens is 553 g/mol. The standard InChI is InChI=1S/C28H26F5N3O5/c1-26(38,12-35-25(37)15-4-8-20(21(10-15)39-2)41-16-5-6-16)22-11-17-24(40-13-27(17,34)28(31,32)33)23(36-22)14-3-7-18(29)19(30)9-14/h3-4,7-11,16,38H,5-6,12-13,34H2,1-2H3,(H,35,37)/t26?,27-/m0/s1. The van der Waals surface area contributed by atoms with E-state index in [0.717, 1.165) is 37.1 Å². The second kappa shape index (κ2) is 10.1. The number of nitrogens with two attached hydrogens (primary N) is 1. The van der Waals surface area contributed by atoms with Gasteiger partial charge >= 0.3 is 6.18 Å². The molecule has 1 amide bonds. The number of hydrogen-bond donors (Lipinski definition) is 3. The van der Waals surface area contributed by atoms with Gasteiger partial charge in [-0.1, -0.05) is 0 Å². The van der Waals surface area contributed by atoms with E-state index in [9.17, 15) is 31.9 Å². The number of fused-ring (bicyclic) bond motifs is 1. The Bertz CT molecular complexity index is 1510. The van der Waals surface area contributed by atoms with Gasteiger partial charge in [0.1, 0.15) is 17.9 Å². The molecule has 4 N–H and O–H groups in total. The van der Waals surface area contributed by atoms with Gasteiger partial charge in [0.2, 0.25) is 0 Å². The Labute approximate surface area is 231 Å². The summed E-state index contributed by atoms with van der Waals surface area (Å²) < 4.78 is 86.1. The van der Waals surface area contributed by atoms with Gasteiger partial charge in [-0.3, -0.25) is 4.79 Å². The van der Waals surface area contributed by atoms with Crippen molar-refractivity contribution in [2.45, 2.75) is 43.2 Å². The van der Waals surface area contributed by atoms with Crippen LogP contribution in [0.15, 0.2) is 42.5 Å². The molecular formula is C28H26F5N3O5. The maximum atomic E-state index is 14.0. The summed E-state index contributed by atoms with van der Waals surface area (Å²) in [5.41, 5.74) is -0.318. The molecule has 1 fully saturated rings. The Kier molecular flexibility index (Phi) is 7.06. The highest BCUT2D eigenvalue weighted by molar-refractivity contribution is 5.95. The Morgan fingerprint density at radius 1 is 1.15 bits per heavy atom. The van der Waals surface area contributed by atoms with Crippen molar-refractivity contribution in [2.24, 2.45) is 5.73 Å². The molecule has 1 unspecified atom stereocenters. The molecule has 0 bridgehead atoms. The van der Waals surface area contributed by atoms with Crippen LogP contribution < -0.4 is 25.3 Å². The summed E-state index contributed by atoms with van der Waals surface area (Å²) >= 11 is 0. The van der Waals surface area contributed by atoms with Crippen molar-refractivity contribution in [1.82, 2.24) is 10.3 Å². The van der Waals surface area contributed by atoms with E-state index in [2.05, 4.69) is 10.3 Å². The summed E-state index contributed by atoms with van der Waals surface area (Å²) in [6.07, 6.45) is -3.01. The van der Waals surface area contributed by atoms with Crippen molar-refractivity contribution in [3.63, 3.8) is 0 Å². The lowest BCUT2D eigenvalue weighted by atomic mass is 9.88. The molecule has 2 atom stereocenters. The van der Waals surface area contributed by atoms with E-state index in [1.165, 1.54) is 26.2 Å². The van der Waals surface area contributed by atoms with Crippen LogP contribution in [-0.2, 0) is 11.1 Å². The smallest absolute Gasteiger partial charge is 0.414 e. The van der Waals surface area contributed by atoms with Gasteiger partial charge in [-0.05, 0) is 62.2 Å². The fourth-order valence-electron chi connectivity index (χ4n) is 4.34. The topological polar surface area (TPSA) is 116 Å². The second-order valence-electron chi connectivity index (χ2n) is 10.3. The number of ether oxygens (including phenoxy) is 3. The fourth-order valence-corrected chi connectivity index (χ4v) is 4.34. The first-order valence-electron chi connectivity index (χ1n) is 12.6. The molecule has 5 rings (SSSR count). The van der Waals surface area contributed by atoms with Gasteiger partial charge in [-0.25, -0.2) is 13.8 Å². The number of amides is 1. The second-order valence-corrected chi connectivity index (χ2v) is 10.3. The predicted molar refractivity (Wildman–Crippen MR) is 136 cm³/mol. The Morgan fingerprint density at radius 3 is 2.51 bits per heavy atom. The van der Waals surface area contributed by atoms with Crippen LogP contribution in [0.2, 0.25) is 0 Å². The highest BCUT2D eigenvalue weighted by atomic mass is 19.4. The summed E-state index contributed by atoms with van der Waals surface area (Å²) in [4.78, 5) is 17.2. The van der Waals surface area contributed by atoms with Crippen LogP contribution >= 0.6 is 0 Å². The molecule has 0 radical (unpaired) electrons. The number of halogens is 5. The summed E-state index contributed by atoms with van der Waals surface area (Å²) in [5.74, 6) is -2.62. The SMILES string of the molecule is COc1cc(C(=O)NCC(C)(O)c2cc3c(c(-c4ccc(F)c(F)c4)n2)OC[C@@]3(N)C(F)(F)F)ccc1OC1CC1. The van der Waals surface area contributed by atoms with Crippen molar-refractivity contribution < 1.29 is 46.1 Å². The van der Waals surface area contributed by atoms with Crippen molar-refractivity contribution in [3.05, 3.63) is 70.9 Å². The zero-order chi connectivity index (χ0) is 29.7. The minimum atomic E-state index is -4.96. The van der Waals surface area contributed by atoms with E-state index in [4.69, 9.17) is 19.9 Å². The third kappa shape index (κ3) is 5.38. The number of nitrogens with one attached hydrogen (secondary N) is 1. The first-order chi connectivity index (χ1) is 19.2. The summed E-state index contributed by atoms with van der Waals surface area (Å²) in [6.45, 7) is -0.247. The number of pyridine rings is 1. The van der Waals surface area contributed by atoms with Crippen LogP contribution in [0.25, 0.3) is 11.3 Å². The number of carbonyl (C=O) groups is 1. The van der Waals surface area contributed by atoms with E-state index in [0.29, 0.717) is 11.5 Å². The van der Waals surface area contributed by atoms with Crippen LogP contribution in [0.1, 0.15) is 41.4 Å². The lowest BCUT2D eigenvalue weighted by Gasteiger charge is -2.28. The average Bonchev–Trinajstić information content (AvgIpc) is 3.68. The van der Waals surface area contributed by atoms with Gasteiger partial charge in [-0.15, -0.1) is 0 Å². The molecule has 2 heterocycles. The van der Waals surface area contributed by atoms with Crippen molar-refractivity contribution in [1.29, 1.82) is 0 Å². The molecule has 1 saturated carbocycles. The molecule has 2 aliphatic rings. The molecule has 8 nitrogen and oxygen atoms in total. The van der Waals surface area contributed by atoms with Gasteiger partial charge in [0, 0.05) is 16.7 Å². The molecule has 41 heavy (non-hydrogen) atoms. The van der Waals surface area contributed by atoms with Crippen molar-refractivity contribution in [2.75, 3.05) is 20.3 Å². The van der Waals surface area contributed by atoms with Crippen molar-refractivity contribution >= 4 is 5.91 Å². The summed E-state index contributed by atoms with van der Waals surface area (Å²) in [6, 6.07) is 8.13. The third-order valence-corrected chi connectivity index (χ3v) is 6.99. The summed E-state index contributed by atoms with van der Waals surface area (Å²) in [5, 5.41) is 13.8. The van der Waals surface area contributed by atoms with Gasteiger partial charge < -0.3 is 30.4 Å². The molecule has 1 aromatic heterocycles. The predicted octanol–water partition coefficient (Wildman–Crippen LogP) is 4.32. The number of carbonyl (C=O) groups excluding carboxylic acids is 1. The Balaban J connectivity index is 1.47. The Morgan fingerprint density at radius 2 is 1.88 bits per heavy atom. The van der Waals surface area contributed by atoms with Crippen LogP contribution in [-0.4, -0.2) is 48.5 Å². The first-order valence-corrected chi connectivity index (χ1v) is 12.6. The maximum absolute atomic E-state index is 14.0. The van der Waals surface area contributed by atoms with Gasteiger partial charge in [-0.2, -0.15) is 13.2 Å². The minimum Gasteiger partial charge on any atom is -0.493 e. The zero-order valence-electron chi connectivity index (χ0n) is 21.9. The van der Waals surface area contributed by atoms with Gasteiger partial charge in [0.05, 0.1) is 25.5 Å². The van der Waals surface area contributed by atoms with Crippen LogP contribution in [0.3, 0.4) is 0 Å². The molecule has 1 aliphatic heterocycles. The van der Waals surface area contributed by atoms with E-state index >= 15 is 0 Å².